The van der Waals surface area contributed by atoms with Gasteiger partial charge < -0.3 is 0 Å². The Kier molecular flexibility index (Phi) is 16.9. The van der Waals surface area contributed by atoms with Gasteiger partial charge in [0.05, 0.1) is 11.4 Å². The number of nitrogens with zero attached hydrogens (tertiary/aromatic N) is 2. The molecule has 3 nitrogen and oxygen atoms in total. The molecule has 0 aliphatic carbocycles. The van der Waals surface area contributed by atoms with Gasteiger partial charge in [-0.3, -0.25) is 9.97 Å². The van der Waals surface area contributed by atoms with E-state index in [4.69, 9.17) is 9.97 Å². The molecule has 2 aromatic heterocycles. The van der Waals surface area contributed by atoms with Crippen LogP contribution in [0.5, 0.6) is 0 Å². The molecule has 0 atom stereocenters. The number of unbranched alkanes of at least 4 members (excludes halogenated alkanes) is 4. The summed E-state index contributed by atoms with van der Waals surface area (Å²) in [6, 6.07) is 9.09. The molecule has 0 radical (unpaired) electrons. The molecule has 0 aromatic carbocycles. The van der Waals surface area contributed by atoms with E-state index in [0.717, 1.165) is 11.4 Å². The zero-order valence-corrected chi connectivity index (χ0v) is 23.1. The fraction of sp³-hybridized carbons (Fsp3) is 0.633. The summed E-state index contributed by atoms with van der Waals surface area (Å²) >= 11 is 4.10. The van der Waals surface area contributed by atoms with Crippen LogP contribution in [0, 0.1) is 0 Å². The van der Waals surface area contributed by atoms with Crippen LogP contribution in [0.3, 0.4) is 0 Å². The van der Waals surface area contributed by atoms with Crippen molar-refractivity contribution in [3.63, 3.8) is 0 Å². The van der Waals surface area contributed by atoms with Crippen LogP contribution in [0.15, 0.2) is 36.7 Å². The van der Waals surface area contributed by atoms with Gasteiger partial charge in [-0.05, 0) is 72.9 Å². The van der Waals surface area contributed by atoms with Crippen molar-refractivity contribution in [2.45, 2.75) is 124 Å². The first-order chi connectivity index (χ1) is 16.5. The minimum absolute atomic E-state index is 0.271. The minimum atomic E-state index is -0.271. The Morgan fingerprint density at radius 2 is 1.00 bits per heavy atom. The van der Waals surface area contributed by atoms with Crippen LogP contribution in [-0.2, 0) is 20.8 Å². The van der Waals surface area contributed by atoms with E-state index >= 15 is 0 Å². The average Bonchev–Trinajstić information content (AvgIpc) is 2.84. The number of rotatable bonds is 15. The second-order valence-electron chi connectivity index (χ2n) is 9.33. The van der Waals surface area contributed by atoms with Crippen LogP contribution >= 0.6 is 0 Å². The summed E-state index contributed by atoms with van der Waals surface area (Å²) in [7, 11) is 0. The molecular formula is C30H47CuN2O. The number of carbonyl (C=O) groups is 1. The Balaban J connectivity index is 0.00000133. The third-order valence-electron chi connectivity index (χ3n) is 6.40. The van der Waals surface area contributed by atoms with Gasteiger partial charge in [0.25, 0.3) is 0 Å². The molecule has 0 spiro atoms. The first-order valence-corrected chi connectivity index (χ1v) is 14.0. The summed E-state index contributed by atoms with van der Waals surface area (Å²) < 4.78 is -0.271. The van der Waals surface area contributed by atoms with Crippen molar-refractivity contribution in [3.05, 3.63) is 47.8 Å². The van der Waals surface area contributed by atoms with Crippen LogP contribution in [0.25, 0.3) is 11.4 Å². The van der Waals surface area contributed by atoms with Gasteiger partial charge in [0.15, 0.2) is 0 Å². The number of carbonyl (C=O) groups excluding carboxylic acids is 1. The Bertz CT molecular complexity index is 726. The molecule has 4 heteroatoms. The zero-order valence-electron chi connectivity index (χ0n) is 22.2. The molecule has 0 saturated carbocycles. The van der Waals surface area contributed by atoms with E-state index in [1.807, 2.05) is 12.4 Å². The summed E-state index contributed by atoms with van der Waals surface area (Å²) in [6.45, 7) is 10.5. The molecule has 0 aliphatic rings. The molecule has 2 aromatic rings. The van der Waals surface area contributed by atoms with E-state index in [-0.39, 0.29) is 4.68 Å². The Morgan fingerprint density at radius 3 is 1.26 bits per heavy atom. The SMILES string of the molecule is CCCCC(CCCC)c1ccnc(-c2cc(C(CCCC)CCCC)ccn2)c1.C[C](=O)[Cu]. The molecule has 34 heavy (non-hydrogen) atoms. The van der Waals surface area contributed by atoms with Crippen LogP contribution < -0.4 is 0 Å². The van der Waals surface area contributed by atoms with E-state index in [1.54, 1.807) is 0 Å². The molecule has 2 heterocycles. The molecule has 0 aliphatic heterocycles. The third-order valence-corrected chi connectivity index (χ3v) is 6.40. The first kappa shape index (κ1) is 30.5. The van der Waals surface area contributed by atoms with Crippen LogP contribution in [0.2, 0.25) is 0 Å². The fourth-order valence-electron chi connectivity index (χ4n) is 4.44. The van der Waals surface area contributed by atoms with Crippen molar-refractivity contribution in [3.8, 4) is 11.4 Å². The monoisotopic (exact) mass is 514 g/mol. The second-order valence-corrected chi connectivity index (χ2v) is 9.99. The van der Waals surface area contributed by atoms with Gasteiger partial charge in [-0.1, -0.05) is 79.1 Å². The van der Waals surface area contributed by atoms with Gasteiger partial charge >= 0.3 is 32.4 Å². The van der Waals surface area contributed by atoms with Crippen molar-refractivity contribution >= 4 is 4.68 Å². The van der Waals surface area contributed by atoms with Gasteiger partial charge in [0.1, 0.15) is 0 Å². The molecular weight excluding hydrogens is 468 g/mol. The van der Waals surface area contributed by atoms with Crippen LogP contribution in [0.1, 0.15) is 135 Å². The van der Waals surface area contributed by atoms with Gasteiger partial charge in [-0.15, -0.1) is 0 Å². The van der Waals surface area contributed by atoms with Crippen LogP contribution in [-0.4, -0.2) is 14.6 Å². The van der Waals surface area contributed by atoms with E-state index in [1.165, 1.54) is 95.1 Å². The topological polar surface area (TPSA) is 42.9 Å². The molecule has 0 amide bonds. The predicted molar refractivity (Wildman–Crippen MR) is 142 cm³/mol. The third kappa shape index (κ3) is 12.3. The molecule has 0 bridgehead atoms. The quantitative estimate of drug-likeness (QED) is 0.222. The number of hydrogen-bond donors (Lipinski definition) is 0. The molecule has 0 N–H and O–H groups in total. The molecule has 0 fully saturated rings. The summed E-state index contributed by atoms with van der Waals surface area (Å²) in [5, 5.41) is 0. The number of aromatic nitrogens is 2. The Morgan fingerprint density at radius 1 is 0.706 bits per heavy atom. The maximum absolute atomic E-state index is 9.25. The van der Waals surface area contributed by atoms with Crippen molar-refractivity contribution in [2.75, 3.05) is 0 Å². The average molecular weight is 515 g/mol. The van der Waals surface area contributed by atoms with Crippen molar-refractivity contribution in [1.29, 1.82) is 0 Å². The molecule has 0 unspecified atom stereocenters. The van der Waals surface area contributed by atoms with Gasteiger partial charge in [0, 0.05) is 12.4 Å². The van der Waals surface area contributed by atoms with Gasteiger partial charge in [-0.2, -0.15) is 0 Å². The maximum atomic E-state index is 9.25. The summed E-state index contributed by atoms with van der Waals surface area (Å²) in [6.07, 6.45) is 19.4. The molecule has 2 rings (SSSR count). The summed E-state index contributed by atoms with van der Waals surface area (Å²) in [5.41, 5.74) is 4.97. The van der Waals surface area contributed by atoms with E-state index < -0.39 is 0 Å². The zero-order chi connectivity index (χ0) is 25.2. The van der Waals surface area contributed by atoms with E-state index in [0.29, 0.717) is 11.8 Å². The first-order valence-electron chi connectivity index (χ1n) is 13.5. The standard InChI is InChI=1S/C28H44N2.C2H3O.Cu/c1-5-9-13-23(14-10-6-2)25-17-19-29-27(21-25)28-22-26(18-20-30-28)24(15-11-7-3)16-12-8-4;1-2-3;/h17-24H,5-16H2,1-4H3;1H3;. The van der Waals surface area contributed by atoms with E-state index in [9.17, 15) is 4.79 Å². The Labute approximate surface area is 217 Å². The van der Waals surface area contributed by atoms with Crippen molar-refractivity contribution < 1.29 is 20.8 Å². The fourth-order valence-corrected chi connectivity index (χ4v) is 4.44. The van der Waals surface area contributed by atoms with Gasteiger partial charge in [-0.25, -0.2) is 0 Å². The van der Waals surface area contributed by atoms with Crippen molar-refractivity contribution in [1.82, 2.24) is 9.97 Å². The summed E-state index contributed by atoms with van der Waals surface area (Å²) in [5.74, 6) is 1.30. The predicted octanol–water partition coefficient (Wildman–Crippen LogP) is 9.15. The summed E-state index contributed by atoms with van der Waals surface area (Å²) in [4.78, 5) is 18.7. The van der Waals surface area contributed by atoms with E-state index in [2.05, 4.69) is 68.0 Å². The Hall–Kier alpha value is -1.51. The second kappa shape index (κ2) is 18.8. The van der Waals surface area contributed by atoms with Crippen LogP contribution in [0.4, 0.5) is 0 Å². The normalized spacial score (nSPS) is 11.0. The van der Waals surface area contributed by atoms with Gasteiger partial charge in [0.2, 0.25) is 0 Å². The number of pyridine rings is 2. The van der Waals surface area contributed by atoms with Crippen molar-refractivity contribution in [2.24, 2.45) is 0 Å². The molecule has 0 saturated heterocycles. The molecule has 194 valence electrons. The number of hydrogen-bond acceptors (Lipinski definition) is 3.